The molecule has 1 N–H and O–H groups in total. The van der Waals surface area contributed by atoms with Crippen LogP contribution in [0.25, 0.3) is 0 Å². The van der Waals surface area contributed by atoms with Crippen molar-refractivity contribution in [1.82, 2.24) is 10.2 Å². The number of benzene rings is 3. The number of morpholine rings is 1. The van der Waals surface area contributed by atoms with Crippen LogP contribution in [0.5, 0.6) is 5.75 Å². The van der Waals surface area contributed by atoms with E-state index in [4.69, 9.17) is 9.47 Å². The van der Waals surface area contributed by atoms with Crippen molar-refractivity contribution in [2.24, 2.45) is 0 Å². The molecule has 1 heterocycles. The van der Waals surface area contributed by atoms with Crippen LogP contribution in [-0.4, -0.2) is 43.7 Å². The summed E-state index contributed by atoms with van der Waals surface area (Å²) in [5.41, 5.74) is 4.32. The van der Waals surface area contributed by atoms with E-state index in [0.717, 1.165) is 18.7 Å². The highest BCUT2D eigenvalue weighted by molar-refractivity contribution is 5.94. The summed E-state index contributed by atoms with van der Waals surface area (Å²) < 4.78 is 11.4. The van der Waals surface area contributed by atoms with Crippen LogP contribution in [-0.2, 0) is 11.3 Å². The van der Waals surface area contributed by atoms with Crippen molar-refractivity contribution < 1.29 is 14.3 Å². The fourth-order valence-corrected chi connectivity index (χ4v) is 4.16. The molecule has 1 amide bonds. The highest BCUT2D eigenvalue weighted by atomic mass is 16.5. The topological polar surface area (TPSA) is 74.6 Å². The number of aryl methyl sites for hydroxylation is 1. The molecule has 1 fully saturated rings. The molecule has 0 aromatic heterocycles. The maximum Gasteiger partial charge on any atom is 0.251 e. The molecule has 1 aliphatic heterocycles. The molecule has 0 bridgehead atoms. The van der Waals surface area contributed by atoms with Gasteiger partial charge >= 0.3 is 0 Å². The molecule has 6 nitrogen and oxygen atoms in total. The van der Waals surface area contributed by atoms with Crippen LogP contribution < -0.4 is 10.1 Å². The quantitative estimate of drug-likeness (QED) is 0.550. The second-order valence-electron chi connectivity index (χ2n) is 8.37. The lowest BCUT2D eigenvalue weighted by molar-refractivity contribution is 0.0162. The molecule has 4 rings (SSSR count). The van der Waals surface area contributed by atoms with Crippen LogP contribution in [0.2, 0.25) is 0 Å². The SMILES string of the molecule is Cc1cccc(C(CNC(=O)c2cccc(OCc3ccccc3C#N)c2)N2CCOCC2)c1. The Morgan fingerprint density at radius 1 is 1.09 bits per heavy atom. The van der Waals surface area contributed by atoms with Gasteiger partial charge in [0.25, 0.3) is 5.91 Å². The fourth-order valence-electron chi connectivity index (χ4n) is 4.16. The first-order chi connectivity index (χ1) is 16.6. The molecule has 174 valence electrons. The average Bonchev–Trinajstić information content (AvgIpc) is 2.88. The molecule has 0 radical (unpaired) electrons. The molecule has 1 saturated heterocycles. The predicted octanol–water partition coefficient (Wildman–Crippen LogP) is 4.25. The van der Waals surface area contributed by atoms with Crippen molar-refractivity contribution in [3.8, 4) is 11.8 Å². The van der Waals surface area contributed by atoms with Gasteiger partial charge in [0.15, 0.2) is 0 Å². The number of hydrogen-bond acceptors (Lipinski definition) is 5. The van der Waals surface area contributed by atoms with Crippen molar-refractivity contribution >= 4 is 5.91 Å². The number of nitriles is 1. The summed E-state index contributed by atoms with van der Waals surface area (Å²) in [6.45, 7) is 5.92. The molecule has 3 aromatic rings. The summed E-state index contributed by atoms with van der Waals surface area (Å²) in [5.74, 6) is 0.442. The Labute approximate surface area is 200 Å². The van der Waals surface area contributed by atoms with Crippen molar-refractivity contribution in [3.63, 3.8) is 0 Å². The summed E-state index contributed by atoms with van der Waals surface area (Å²) >= 11 is 0. The Morgan fingerprint density at radius 3 is 2.68 bits per heavy atom. The molecule has 3 aromatic carbocycles. The van der Waals surface area contributed by atoms with E-state index >= 15 is 0 Å². The average molecular weight is 456 g/mol. The van der Waals surface area contributed by atoms with Gasteiger partial charge in [-0.2, -0.15) is 5.26 Å². The van der Waals surface area contributed by atoms with Gasteiger partial charge in [0, 0.05) is 30.8 Å². The fraction of sp³-hybridized carbons (Fsp3) is 0.286. The van der Waals surface area contributed by atoms with Gasteiger partial charge in [-0.05, 0) is 36.8 Å². The largest absolute Gasteiger partial charge is 0.489 e. The van der Waals surface area contributed by atoms with Gasteiger partial charge in [0.2, 0.25) is 0 Å². The van der Waals surface area contributed by atoms with Gasteiger partial charge in [-0.1, -0.05) is 54.1 Å². The lowest BCUT2D eigenvalue weighted by Gasteiger charge is -2.35. The molecule has 0 aliphatic carbocycles. The minimum absolute atomic E-state index is 0.0784. The molecular formula is C28H29N3O3. The molecule has 1 unspecified atom stereocenters. The number of rotatable bonds is 8. The minimum Gasteiger partial charge on any atom is -0.489 e. The first-order valence-corrected chi connectivity index (χ1v) is 11.5. The van der Waals surface area contributed by atoms with Gasteiger partial charge in [0.05, 0.1) is 30.9 Å². The monoisotopic (exact) mass is 455 g/mol. The lowest BCUT2D eigenvalue weighted by atomic mass is 10.0. The summed E-state index contributed by atoms with van der Waals surface area (Å²) in [7, 11) is 0. The van der Waals surface area contributed by atoms with Crippen LogP contribution in [0.3, 0.4) is 0 Å². The van der Waals surface area contributed by atoms with Crippen molar-refractivity contribution in [2.75, 3.05) is 32.8 Å². The molecule has 6 heteroatoms. The number of nitrogens with zero attached hydrogens (tertiary/aromatic N) is 2. The smallest absolute Gasteiger partial charge is 0.251 e. The van der Waals surface area contributed by atoms with E-state index in [1.807, 2.05) is 24.3 Å². The third-order valence-electron chi connectivity index (χ3n) is 6.00. The van der Waals surface area contributed by atoms with E-state index in [0.29, 0.717) is 36.6 Å². The zero-order valence-corrected chi connectivity index (χ0v) is 19.4. The van der Waals surface area contributed by atoms with E-state index in [1.165, 1.54) is 11.1 Å². The van der Waals surface area contributed by atoms with E-state index in [2.05, 4.69) is 47.5 Å². The van der Waals surface area contributed by atoms with Crippen LogP contribution >= 0.6 is 0 Å². The van der Waals surface area contributed by atoms with E-state index in [1.54, 1.807) is 24.3 Å². The molecule has 1 aliphatic rings. The van der Waals surface area contributed by atoms with E-state index < -0.39 is 0 Å². The number of nitrogens with one attached hydrogen (secondary N) is 1. The third-order valence-corrected chi connectivity index (χ3v) is 6.00. The zero-order chi connectivity index (χ0) is 23.8. The Bertz CT molecular complexity index is 1170. The van der Waals surface area contributed by atoms with Gasteiger partial charge < -0.3 is 14.8 Å². The summed E-state index contributed by atoms with van der Waals surface area (Å²) in [4.78, 5) is 15.4. The van der Waals surface area contributed by atoms with Crippen LogP contribution in [0.1, 0.15) is 38.7 Å². The summed E-state index contributed by atoms with van der Waals surface area (Å²) in [6, 6.07) is 25.2. The third kappa shape index (κ3) is 6.02. The predicted molar refractivity (Wildman–Crippen MR) is 131 cm³/mol. The van der Waals surface area contributed by atoms with E-state index in [-0.39, 0.29) is 18.6 Å². The number of ether oxygens (including phenoxy) is 2. The summed E-state index contributed by atoms with van der Waals surface area (Å²) in [6.07, 6.45) is 0. The Hall–Kier alpha value is -3.66. The first-order valence-electron chi connectivity index (χ1n) is 11.5. The van der Waals surface area contributed by atoms with Gasteiger partial charge in [0.1, 0.15) is 12.4 Å². The molecular weight excluding hydrogens is 426 g/mol. The number of carbonyl (C=O) groups excluding carboxylic acids is 1. The normalized spacial score (nSPS) is 14.7. The lowest BCUT2D eigenvalue weighted by Crippen LogP contribution is -2.43. The van der Waals surface area contributed by atoms with Gasteiger partial charge in [-0.25, -0.2) is 0 Å². The van der Waals surface area contributed by atoms with Crippen molar-refractivity contribution in [1.29, 1.82) is 5.26 Å². The molecule has 34 heavy (non-hydrogen) atoms. The molecule has 0 spiro atoms. The van der Waals surface area contributed by atoms with Crippen LogP contribution in [0.15, 0.2) is 72.8 Å². The van der Waals surface area contributed by atoms with Crippen LogP contribution in [0.4, 0.5) is 0 Å². The Morgan fingerprint density at radius 2 is 1.88 bits per heavy atom. The number of hydrogen-bond donors (Lipinski definition) is 1. The number of carbonyl (C=O) groups is 1. The molecule has 0 saturated carbocycles. The Balaban J connectivity index is 1.42. The highest BCUT2D eigenvalue weighted by Gasteiger charge is 2.23. The maximum absolute atomic E-state index is 13.0. The minimum atomic E-state index is -0.145. The maximum atomic E-state index is 13.0. The highest BCUT2D eigenvalue weighted by Crippen LogP contribution is 2.23. The van der Waals surface area contributed by atoms with Gasteiger partial charge in [-0.3, -0.25) is 9.69 Å². The van der Waals surface area contributed by atoms with Crippen molar-refractivity contribution in [3.05, 3.63) is 101 Å². The van der Waals surface area contributed by atoms with Crippen molar-refractivity contribution in [2.45, 2.75) is 19.6 Å². The summed E-state index contributed by atoms with van der Waals surface area (Å²) in [5, 5.41) is 12.4. The second kappa shape index (κ2) is 11.5. The second-order valence-corrected chi connectivity index (χ2v) is 8.37. The van der Waals surface area contributed by atoms with E-state index in [9.17, 15) is 10.1 Å². The standard InChI is InChI=1S/C28H29N3O3/c1-21-6-4-9-22(16-21)27(31-12-14-33-15-13-31)19-30-28(32)23-10-5-11-26(17-23)34-20-25-8-3-2-7-24(25)18-29/h2-11,16-17,27H,12-15,19-20H2,1H3,(H,30,32). The van der Waals surface area contributed by atoms with Crippen LogP contribution in [0, 0.1) is 18.3 Å². The zero-order valence-electron chi connectivity index (χ0n) is 19.4. The van der Waals surface area contributed by atoms with Gasteiger partial charge in [-0.15, -0.1) is 0 Å². The molecule has 1 atom stereocenters. The Kier molecular flexibility index (Phi) is 7.92. The first kappa shape index (κ1) is 23.5. The number of amides is 1.